The van der Waals surface area contributed by atoms with Crippen LogP contribution in [0, 0.1) is 20.2 Å². The second kappa shape index (κ2) is 30.2. The quantitative estimate of drug-likeness (QED) is 0.0237. The molecule has 4 rings (SSSR count). The highest BCUT2D eigenvalue weighted by Gasteiger charge is 2.34. The first-order valence-corrected chi connectivity index (χ1v) is 22.3. The number of nitro groups is 2. The van der Waals surface area contributed by atoms with Gasteiger partial charge in [0.2, 0.25) is 28.4 Å². The molecule has 0 saturated carbocycles. The molecule has 23 nitrogen and oxygen atoms in total. The molecular weight excluding hydrogens is 917 g/mol. The average molecular weight is 993 g/mol. The average Bonchev–Trinajstić information content (AvgIpc) is 3.34. The van der Waals surface area contributed by atoms with Gasteiger partial charge in [-0.3, -0.25) is 43.8 Å². The molecule has 4 aromatic rings. The first kappa shape index (κ1) is 52.6. The monoisotopic (exact) mass is 992 g/mol. The Bertz CT molecular complexity index is 2390. The first-order valence-electron chi connectivity index (χ1n) is 23.3. The van der Waals surface area contributed by atoms with Crippen molar-refractivity contribution in [2.45, 2.75) is 92.6 Å². The second-order valence-electron chi connectivity index (χ2n) is 12.5. The number of hydrogen-bond acceptors (Lipinski definition) is 20. The number of rotatable bonds is 18. The van der Waals surface area contributed by atoms with Crippen molar-refractivity contribution in [3.63, 3.8) is 0 Å². The van der Waals surface area contributed by atoms with Crippen LogP contribution in [-0.4, -0.2) is 97.1 Å². The van der Waals surface area contributed by atoms with E-state index < -0.39 is 61.8 Å². The number of amides is 2. The third-order valence-corrected chi connectivity index (χ3v) is 9.25. The summed E-state index contributed by atoms with van der Waals surface area (Å²) in [6.45, 7) is 9.18. The molecule has 2 amide bonds. The number of thioether (sulfide) groups is 1. The van der Waals surface area contributed by atoms with Crippen LogP contribution < -0.4 is 21.3 Å². The minimum Gasteiger partial charge on any atom is -0.466 e. The van der Waals surface area contributed by atoms with Gasteiger partial charge in [-0.15, -0.1) is 0 Å². The fourth-order valence-corrected chi connectivity index (χ4v) is 6.29. The maximum absolute atomic E-state index is 12.7. The van der Waals surface area contributed by atoms with Crippen LogP contribution in [0.15, 0.2) is 58.8 Å². The molecule has 2 aromatic carbocycles. The topological polar surface area (TPSA) is 319 Å². The Kier molecular flexibility index (Phi) is 23.7. The number of nitrogen functional groups attached to an aromatic ring is 2. The van der Waals surface area contributed by atoms with Gasteiger partial charge in [-0.25, -0.2) is 9.59 Å². The van der Waals surface area contributed by atoms with E-state index in [-0.39, 0.29) is 96.6 Å². The van der Waals surface area contributed by atoms with Gasteiger partial charge in [0.05, 0.1) is 73.0 Å². The van der Waals surface area contributed by atoms with E-state index in [4.69, 9.17) is 40.7 Å². The summed E-state index contributed by atoms with van der Waals surface area (Å²) < 4.78 is 68.1. The number of carbonyl (C=O) groups excluding carboxylic acids is 4. The standard InChI is InChI=1S/C19H23N5O7S.C19H23N5O6S.C2H6.2CH4.4H2/c1-4-30-14(25)10-12-7-6-8-13(9-12)11-23(19(26)31-5-2)17-15(24(27)28)16(20)21-18(22-17)32(3)29;1-4-29-14(25)10-12-7-6-8-13(9-12)11-23(19(26)30-5-2)17-15(24(27)28)16(20)21-18(22-17)31-3;1-2;;;;;;/h6-9H,4-5,10-11H2,1-3H3,(H2,20,21,22);6-9H,4-5,10-11H2,1-3H3,(H2,20,21,22);1-2H3;2*1H4;4*1H/i;;1D;;;3*1+1D;1+1. The molecule has 0 aliphatic rings. The van der Waals surface area contributed by atoms with Crippen molar-refractivity contribution in [2.75, 3.05) is 60.2 Å². The molecule has 2 heterocycles. The summed E-state index contributed by atoms with van der Waals surface area (Å²) in [5.41, 5.74) is 12.6. The van der Waals surface area contributed by atoms with Crippen LogP contribution in [0.5, 0.6) is 0 Å². The summed E-state index contributed by atoms with van der Waals surface area (Å²) in [4.78, 5) is 88.3. The molecule has 1 unspecified atom stereocenters. The lowest BCUT2D eigenvalue weighted by Gasteiger charge is -2.21. The molecule has 0 bridgehead atoms. The minimum absolute atomic E-state index is 0. The maximum Gasteiger partial charge on any atom is 0.415 e. The molecule has 0 radical (unpaired) electrons. The number of benzene rings is 2. The van der Waals surface area contributed by atoms with Crippen LogP contribution in [0.4, 0.5) is 44.2 Å². The van der Waals surface area contributed by atoms with E-state index in [0.717, 1.165) is 21.6 Å². The van der Waals surface area contributed by atoms with E-state index >= 15 is 0 Å². The zero-order chi connectivity index (χ0) is 55.5. The highest BCUT2D eigenvalue weighted by molar-refractivity contribution is 7.98. The zero-order valence-electron chi connectivity index (χ0n) is 43.8. The summed E-state index contributed by atoms with van der Waals surface area (Å²) in [6, 6.07) is 13.6. The van der Waals surface area contributed by atoms with Crippen LogP contribution in [0.1, 0.15) is 90.3 Å². The van der Waals surface area contributed by atoms with E-state index in [0.29, 0.717) is 29.2 Å². The van der Waals surface area contributed by atoms with Gasteiger partial charge in [0.25, 0.3) is 0 Å². The number of nitrogens with two attached hydrogens (primary N) is 2. The van der Waals surface area contributed by atoms with E-state index in [2.05, 4.69) is 19.9 Å². The largest absolute Gasteiger partial charge is 0.466 e. The molecule has 67 heavy (non-hydrogen) atoms. The molecule has 0 aliphatic carbocycles. The highest BCUT2D eigenvalue weighted by atomic mass is 32.2. The number of hydrogen-bond donors (Lipinski definition) is 2. The van der Waals surface area contributed by atoms with Crippen molar-refractivity contribution in [1.29, 1.82) is 0 Å². The minimum atomic E-state index is -1.72. The Morgan fingerprint density at radius 3 is 1.46 bits per heavy atom. The molecule has 1 atom stereocenters. The summed E-state index contributed by atoms with van der Waals surface area (Å²) in [5, 5.41) is 23.2. The van der Waals surface area contributed by atoms with Crippen LogP contribution in [0.2, 0.25) is 0 Å². The summed E-state index contributed by atoms with van der Waals surface area (Å²) in [5.74, 6) is -2.40. The smallest absolute Gasteiger partial charge is 0.415 e. The van der Waals surface area contributed by atoms with E-state index in [1.54, 1.807) is 89.4 Å². The normalized spacial score (nSPS) is 10.9. The Labute approximate surface area is 408 Å². The van der Waals surface area contributed by atoms with Gasteiger partial charge >= 0.3 is 35.5 Å². The Hall–Kier alpha value is -7.02. The van der Waals surface area contributed by atoms with Crippen LogP contribution in [0.25, 0.3) is 0 Å². The number of esters is 2. The molecular formula is C42H68N10O13S2. The van der Waals surface area contributed by atoms with Crippen LogP contribution in [-0.2, 0) is 65.3 Å². The van der Waals surface area contributed by atoms with Crippen molar-refractivity contribution >= 4 is 81.3 Å². The fraction of sp³-hybridized carbons (Fsp3) is 0.429. The summed E-state index contributed by atoms with van der Waals surface area (Å²) in [7, 11) is -1.72. The number of aromatic nitrogens is 4. The predicted molar refractivity (Wildman–Crippen MR) is 264 cm³/mol. The molecule has 376 valence electrons. The van der Waals surface area contributed by atoms with Gasteiger partial charge in [0, 0.05) is 18.0 Å². The summed E-state index contributed by atoms with van der Waals surface area (Å²) >= 11 is 1.13. The van der Waals surface area contributed by atoms with Gasteiger partial charge < -0.3 is 30.4 Å². The lowest BCUT2D eigenvalue weighted by Crippen LogP contribution is -2.33. The zero-order valence-corrected chi connectivity index (χ0v) is 38.5. The molecule has 0 aliphatic heterocycles. The number of ether oxygens (including phenoxy) is 4. The molecule has 0 saturated heterocycles. The van der Waals surface area contributed by atoms with Crippen molar-refractivity contribution < 1.29 is 63.9 Å². The van der Waals surface area contributed by atoms with E-state index in [1.165, 1.54) is 6.26 Å². The molecule has 4 N–H and O–H groups in total. The molecule has 25 heteroatoms. The lowest BCUT2D eigenvalue weighted by molar-refractivity contribution is -0.383. The third-order valence-electron chi connectivity index (χ3n) is 8.01. The summed E-state index contributed by atoms with van der Waals surface area (Å²) in [6.07, 6.45) is 1.28. The van der Waals surface area contributed by atoms with Crippen molar-refractivity contribution in [1.82, 2.24) is 19.9 Å². The van der Waals surface area contributed by atoms with Crippen LogP contribution >= 0.6 is 11.8 Å². The van der Waals surface area contributed by atoms with Gasteiger partial charge in [-0.2, -0.15) is 19.9 Å². The second-order valence-corrected chi connectivity index (χ2v) is 14.5. The molecule has 2 aromatic heterocycles. The number of carbonyl (C=O) groups is 4. The van der Waals surface area contributed by atoms with Crippen LogP contribution in [0.3, 0.4) is 0 Å². The van der Waals surface area contributed by atoms with Crippen molar-refractivity contribution in [2.24, 2.45) is 0 Å². The Morgan fingerprint density at radius 2 is 1.10 bits per heavy atom. The highest BCUT2D eigenvalue weighted by Crippen LogP contribution is 2.35. The molecule has 0 spiro atoms. The van der Waals surface area contributed by atoms with Gasteiger partial charge in [-0.1, -0.05) is 89.0 Å². The van der Waals surface area contributed by atoms with Gasteiger partial charge in [0.15, 0.2) is 5.16 Å². The SMILES string of the molecule is C.C.CCOC(=O)Cc1cccc(CN(C(=O)OCC)c2nc(S(C)=O)nc(N)c2[N+](=O)[O-])c1.CCOC(=O)Cc1cccc(CN(C(=O)OCC)c2nc(SC)nc(N)c2[N+](=O)[O-])c1.[2HH].[2H]CC.[2H][2H].[2H][2H].[2H][2H]. The maximum atomic E-state index is 12.7. The molecule has 0 fully saturated rings. The number of anilines is 4. The van der Waals surface area contributed by atoms with Crippen molar-refractivity contribution in [3.8, 4) is 0 Å². The lowest BCUT2D eigenvalue weighted by atomic mass is 10.1. The number of nitrogens with zero attached hydrogens (tertiary/aromatic N) is 8. The van der Waals surface area contributed by atoms with Gasteiger partial charge in [0.1, 0.15) is 0 Å². The third kappa shape index (κ3) is 18.1. The van der Waals surface area contributed by atoms with E-state index in [1.807, 2.05) is 0 Å². The first-order chi connectivity index (χ1) is 34.4. The van der Waals surface area contributed by atoms with E-state index in [9.17, 15) is 43.6 Å². The van der Waals surface area contributed by atoms with Gasteiger partial charge in [-0.05, 0) is 56.2 Å². The predicted octanol–water partition coefficient (Wildman–Crippen LogP) is 8.21. The van der Waals surface area contributed by atoms with Crippen molar-refractivity contribution in [3.05, 3.63) is 91.0 Å². The fourth-order valence-electron chi connectivity index (χ4n) is 5.48. The Morgan fingerprint density at radius 1 is 0.731 bits per heavy atom. The Balaban J connectivity index is -0.000000365.